The van der Waals surface area contributed by atoms with Crippen molar-refractivity contribution in [3.05, 3.63) is 212 Å². The van der Waals surface area contributed by atoms with E-state index in [2.05, 4.69) is 185 Å². The molecule has 0 N–H and O–H groups in total. The van der Waals surface area contributed by atoms with E-state index in [0.29, 0.717) is 17.5 Å². The zero-order valence-corrected chi connectivity index (χ0v) is 34.7. The van der Waals surface area contributed by atoms with Crippen LogP contribution in [-0.2, 0) is 0 Å². The standard InChI is InChI=1S/C57H35N5S/c1-3-16-36(17-4-1)55-58-56(37-18-5-2-6-19-37)60-57(59-55)46-34-38(40-24-15-29-53-54(40)45-23-10-14-28-52(45)63-53)30-33-50(46)62-49-27-13-9-22-43(49)44-32-31-39(35-51(44)62)61-47-25-11-7-20-41(47)42-21-8-12-26-48(42)61/h1-35H. The third-order valence-electron chi connectivity index (χ3n) is 12.4. The third-order valence-corrected chi connectivity index (χ3v) is 13.5. The van der Waals surface area contributed by atoms with Crippen LogP contribution in [0.5, 0.6) is 0 Å². The van der Waals surface area contributed by atoms with E-state index in [-0.39, 0.29) is 0 Å². The lowest BCUT2D eigenvalue weighted by molar-refractivity contribution is 1.06. The van der Waals surface area contributed by atoms with Crippen LogP contribution in [0.4, 0.5) is 0 Å². The smallest absolute Gasteiger partial charge is 0.166 e. The molecule has 0 amide bonds. The van der Waals surface area contributed by atoms with Crippen LogP contribution in [-0.4, -0.2) is 24.1 Å². The quantitative estimate of drug-likeness (QED) is 0.168. The van der Waals surface area contributed by atoms with Gasteiger partial charge in [-0.1, -0.05) is 158 Å². The lowest BCUT2D eigenvalue weighted by atomic mass is 9.96. The second kappa shape index (κ2) is 14.2. The van der Waals surface area contributed by atoms with Crippen molar-refractivity contribution in [2.75, 3.05) is 0 Å². The number of nitrogens with zero attached hydrogens (tertiary/aromatic N) is 5. The molecule has 0 atom stereocenters. The molecule has 6 heteroatoms. The Labute approximate surface area is 366 Å². The third kappa shape index (κ3) is 5.66. The van der Waals surface area contributed by atoms with Crippen LogP contribution in [0.3, 0.4) is 0 Å². The lowest BCUT2D eigenvalue weighted by Crippen LogP contribution is -2.04. The molecule has 4 aromatic heterocycles. The Morgan fingerprint density at radius 3 is 1.49 bits per heavy atom. The van der Waals surface area contributed by atoms with Gasteiger partial charge in [-0.25, -0.2) is 15.0 Å². The molecule has 13 rings (SSSR count). The zero-order chi connectivity index (χ0) is 41.4. The molecule has 0 fully saturated rings. The van der Waals surface area contributed by atoms with E-state index in [9.17, 15) is 0 Å². The number of hydrogen-bond donors (Lipinski definition) is 0. The first-order valence-electron chi connectivity index (χ1n) is 21.2. The van der Waals surface area contributed by atoms with Gasteiger partial charge in [-0.2, -0.15) is 0 Å². The Morgan fingerprint density at radius 1 is 0.317 bits per heavy atom. The van der Waals surface area contributed by atoms with Gasteiger partial charge in [0, 0.05) is 64.1 Å². The van der Waals surface area contributed by atoms with Crippen LogP contribution < -0.4 is 0 Å². The normalized spacial score (nSPS) is 11.8. The molecule has 13 aromatic rings. The average molecular weight is 822 g/mol. The van der Waals surface area contributed by atoms with Crippen molar-refractivity contribution in [3.63, 3.8) is 0 Å². The summed E-state index contributed by atoms with van der Waals surface area (Å²) in [4.78, 5) is 15.8. The van der Waals surface area contributed by atoms with Gasteiger partial charge in [0.15, 0.2) is 17.5 Å². The molecule has 0 aliphatic carbocycles. The number of thiophene rings is 1. The second-order valence-corrected chi connectivity index (χ2v) is 17.1. The highest BCUT2D eigenvalue weighted by atomic mass is 32.1. The minimum absolute atomic E-state index is 0.603. The molecule has 0 aliphatic heterocycles. The number of fused-ring (bicyclic) bond motifs is 9. The van der Waals surface area contributed by atoms with Crippen molar-refractivity contribution in [2.45, 2.75) is 0 Å². The lowest BCUT2D eigenvalue weighted by Gasteiger charge is -2.17. The van der Waals surface area contributed by atoms with Crippen LogP contribution in [0, 0.1) is 0 Å². The molecule has 0 radical (unpaired) electrons. The molecule has 4 heterocycles. The van der Waals surface area contributed by atoms with Gasteiger partial charge in [0.1, 0.15) is 0 Å². The highest BCUT2D eigenvalue weighted by Gasteiger charge is 2.22. The summed E-state index contributed by atoms with van der Waals surface area (Å²) in [6.45, 7) is 0. The summed E-state index contributed by atoms with van der Waals surface area (Å²) < 4.78 is 7.35. The van der Waals surface area contributed by atoms with E-state index in [4.69, 9.17) is 15.0 Å². The molecule has 0 saturated heterocycles. The molecule has 63 heavy (non-hydrogen) atoms. The second-order valence-electron chi connectivity index (χ2n) is 16.0. The fourth-order valence-corrected chi connectivity index (χ4v) is 10.7. The number of benzene rings is 9. The molecule has 9 aromatic carbocycles. The van der Waals surface area contributed by atoms with Gasteiger partial charge >= 0.3 is 0 Å². The molecule has 0 aliphatic rings. The minimum atomic E-state index is 0.603. The van der Waals surface area contributed by atoms with Crippen molar-refractivity contribution in [1.82, 2.24) is 24.1 Å². The van der Waals surface area contributed by atoms with Crippen LogP contribution in [0.15, 0.2) is 212 Å². The number of rotatable bonds is 6. The largest absolute Gasteiger partial charge is 0.309 e. The van der Waals surface area contributed by atoms with Crippen molar-refractivity contribution in [2.24, 2.45) is 0 Å². The van der Waals surface area contributed by atoms with E-state index >= 15 is 0 Å². The van der Waals surface area contributed by atoms with Crippen LogP contribution in [0.2, 0.25) is 0 Å². The first-order valence-corrected chi connectivity index (χ1v) is 22.0. The summed E-state index contributed by atoms with van der Waals surface area (Å²) in [5.41, 5.74) is 11.7. The van der Waals surface area contributed by atoms with E-state index in [1.807, 2.05) is 47.7 Å². The summed E-state index contributed by atoms with van der Waals surface area (Å²) >= 11 is 1.84. The molecule has 0 bridgehead atoms. The number of aromatic nitrogens is 5. The van der Waals surface area contributed by atoms with Gasteiger partial charge in [-0.3, -0.25) is 0 Å². The van der Waals surface area contributed by atoms with E-state index < -0.39 is 0 Å². The Balaban J connectivity index is 1.13. The first-order chi connectivity index (χ1) is 31.2. The zero-order valence-electron chi connectivity index (χ0n) is 33.9. The number of hydrogen-bond acceptors (Lipinski definition) is 4. The molecule has 0 saturated carbocycles. The van der Waals surface area contributed by atoms with E-state index in [1.54, 1.807) is 0 Å². The minimum Gasteiger partial charge on any atom is -0.309 e. The predicted octanol–water partition coefficient (Wildman–Crippen LogP) is 15.1. The molecular weight excluding hydrogens is 787 g/mol. The first kappa shape index (κ1) is 35.6. The van der Waals surface area contributed by atoms with E-state index in [1.165, 1.54) is 58.3 Å². The summed E-state index contributed by atoms with van der Waals surface area (Å²) in [5, 5.41) is 7.34. The highest BCUT2D eigenvalue weighted by molar-refractivity contribution is 7.25. The van der Waals surface area contributed by atoms with Gasteiger partial charge in [-0.05, 0) is 65.7 Å². The molecule has 0 spiro atoms. The van der Waals surface area contributed by atoms with Crippen LogP contribution >= 0.6 is 11.3 Å². The molecule has 5 nitrogen and oxygen atoms in total. The summed E-state index contributed by atoms with van der Waals surface area (Å²) in [6, 6.07) is 75.7. The maximum Gasteiger partial charge on any atom is 0.166 e. The van der Waals surface area contributed by atoms with Crippen LogP contribution in [0.1, 0.15) is 0 Å². The van der Waals surface area contributed by atoms with Crippen molar-refractivity contribution in [1.29, 1.82) is 0 Å². The van der Waals surface area contributed by atoms with Gasteiger partial charge in [0.05, 0.1) is 27.8 Å². The maximum absolute atomic E-state index is 5.36. The van der Waals surface area contributed by atoms with Crippen molar-refractivity contribution < 1.29 is 0 Å². The highest BCUT2D eigenvalue weighted by Crippen LogP contribution is 2.44. The van der Waals surface area contributed by atoms with Gasteiger partial charge < -0.3 is 9.13 Å². The molecule has 294 valence electrons. The van der Waals surface area contributed by atoms with E-state index in [0.717, 1.165) is 44.7 Å². The topological polar surface area (TPSA) is 48.5 Å². The monoisotopic (exact) mass is 821 g/mol. The Hall–Kier alpha value is -8.19. The van der Waals surface area contributed by atoms with Gasteiger partial charge in [-0.15, -0.1) is 11.3 Å². The molecule has 0 unspecified atom stereocenters. The predicted molar refractivity (Wildman–Crippen MR) is 263 cm³/mol. The Kier molecular flexibility index (Phi) is 8.01. The Bertz CT molecular complexity index is 3810. The fourth-order valence-electron chi connectivity index (χ4n) is 9.58. The van der Waals surface area contributed by atoms with Crippen LogP contribution in [0.25, 0.3) is 120 Å². The summed E-state index contributed by atoms with van der Waals surface area (Å²) in [6.07, 6.45) is 0. The summed E-state index contributed by atoms with van der Waals surface area (Å²) in [7, 11) is 0. The average Bonchev–Trinajstić information content (AvgIpc) is 4.02. The maximum atomic E-state index is 5.36. The summed E-state index contributed by atoms with van der Waals surface area (Å²) in [5.74, 6) is 1.85. The van der Waals surface area contributed by atoms with Gasteiger partial charge in [0.25, 0.3) is 0 Å². The molecular formula is C57H35N5S. The number of para-hydroxylation sites is 3. The fraction of sp³-hybridized carbons (Fsp3) is 0. The van der Waals surface area contributed by atoms with Crippen molar-refractivity contribution in [3.8, 4) is 56.7 Å². The van der Waals surface area contributed by atoms with Gasteiger partial charge in [0.2, 0.25) is 0 Å². The van der Waals surface area contributed by atoms with Crippen molar-refractivity contribution >= 4 is 75.1 Å². The Morgan fingerprint density at radius 2 is 0.841 bits per heavy atom. The SMILES string of the molecule is c1ccc(-c2nc(-c3ccccc3)nc(-c3cc(-c4cccc5sc6ccccc6c45)ccc3-n3c4ccccc4c4ccc(-n5c6ccccc6c6ccccc65)cc43)n2)cc1.